The smallest absolute Gasteiger partial charge is 0.283 e. The molecular formula is C24H20N6OS2. The first kappa shape index (κ1) is 21.0. The minimum Gasteiger partial charge on any atom is -0.397 e. The van der Waals surface area contributed by atoms with Crippen LogP contribution in [0.1, 0.15) is 26.5 Å². The summed E-state index contributed by atoms with van der Waals surface area (Å²) in [6.07, 6.45) is 3.50. The van der Waals surface area contributed by atoms with Gasteiger partial charge in [-0.2, -0.15) is 10.2 Å². The Hall–Kier alpha value is -3.82. The Kier molecular flexibility index (Phi) is 5.49. The number of rotatable bonds is 5. The molecule has 1 aromatic carbocycles. The van der Waals surface area contributed by atoms with Crippen LogP contribution in [0, 0.1) is 13.8 Å². The van der Waals surface area contributed by atoms with Gasteiger partial charge in [0.05, 0.1) is 22.5 Å². The third-order valence-corrected chi connectivity index (χ3v) is 7.09. The number of carbonyl (C=O) groups excluding carboxylic acids is 1. The third-order valence-electron chi connectivity index (χ3n) is 5.12. The Labute approximate surface area is 198 Å². The highest BCUT2D eigenvalue weighted by atomic mass is 32.1. The second-order valence-corrected chi connectivity index (χ2v) is 9.44. The molecule has 164 valence electrons. The summed E-state index contributed by atoms with van der Waals surface area (Å²) in [5.41, 5.74) is 13.7. The first-order chi connectivity index (χ1) is 16.0. The summed E-state index contributed by atoms with van der Waals surface area (Å²) in [6.45, 7) is 3.89. The Bertz CT molecular complexity index is 1480. The summed E-state index contributed by atoms with van der Waals surface area (Å²) < 4.78 is 1.80. The van der Waals surface area contributed by atoms with E-state index in [1.165, 1.54) is 11.3 Å². The zero-order valence-electron chi connectivity index (χ0n) is 17.9. The van der Waals surface area contributed by atoms with Gasteiger partial charge in [-0.25, -0.2) is 15.1 Å². The lowest BCUT2D eigenvalue weighted by atomic mass is 10.1. The number of aryl methyl sites for hydroxylation is 2. The molecule has 0 bridgehead atoms. The van der Waals surface area contributed by atoms with Gasteiger partial charge in [-0.05, 0) is 49.1 Å². The topological polar surface area (TPSA) is 98.2 Å². The van der Waals surface area contributed by atoms with Crippen molar-refractivity contribution in [2.24, 2.45) is 5.10 Å². The van der Waals surface area contributed by atoms with Crippen molar-refractivity contribution in [3.8, 4) is 16.3 Å². The minimum atomic E-state index is -0.364. The largest absolute Gasteiger partial charge is 0.397 e. The molecule has 0 fully saturated rings. The van der Waals surface area contributed by atoms with E-state index in [4.69, 9.17) is 10.8 Å². The molecule has 0 aliphatic heterocycles. The van der Waals surface area contributed by atoms with Gasteiger partial charge < -0.3 is 5.73 Å². The standard InChI is InChI=1S/C24H20N6OS2/c1-14-11-15(2)27-24-19(14)20(25)22(33-24)23(31)28-26-12-16-13-30(17-7-4-3-5-8-17)29-21(16)18-9-6-10-32-18/h3-13H,25H2,1-2H3,(H,28,31)/b26-12+. The maximum Gasteiger partial charge on any atom is 0.283 e. The number of carbonyl (C=O) groups is 1. The number of nitrogens with one attached hydrogen (secondary N) is 1. The number of hydrazone groups is 1. The summed E-state index contributed by atoms with van der Waals surface area (Å²) in [4.78, 5) is 19.5. The summed E-state index contributed by atoms with van der Waals surface area (Å²) in [7, 11) is 0. The van der Waals surface area contributed by atoms with Gasteiger partial charge in [-0.3, -0.25) is 4.79 Å². The predicted octanol–water partition coefficient (Wildman–Crippen LogP) is 5.17. The Morgan fingerprint density at radius 2 is 2.00 bits per heavy atom. The molecule has 4 heterocycles. The van der Waals surface area contributed by atoms with Crippen LogP contribution < -0.4 is 11.2 Å². The number of nitrogens with two attached hydrogens (primary N) is 1. The number of thiophene rings is 2. The number of anilines is 1. The second-order valence-electron chi connectivity index (χ2n) is 7.50. The van der Waals surface area contributed by atoms with Crippen LogP contribution in [-0.2, 0) is 0 Å². The van der Waals surface area contributed by atoms with Crippen LogP contribution in [0.5, 0.6) is 0 Å². The Balaban J connectivity index is 1.43. The van der Waals surface area contributed by atoms with Crippen molar-refractivity contribution in [2.75, 3.05) is 5.73 Å². The fourth-order valence-corrected chi connectivity index (χ4v) is 5.49. The third kappa shape index (κ3) is 4.04. The van der Waals surface area contributed by atoms with Crippen LogP contribution >= 0.6 is 22.7 Å². The van der Waals surface area contributed by atoms with Crippen molar-refractivity contribution in [2.45, 2.75) is 13.8 Å². The van der Waals surface area contributed by atoms with Gasteiger partial charge in [0.25, 0.3) is 5.91 Å². The van der Waals surface area contributed by atoms with Crippen LogP contribution in [0.4, 0.5) is 5.69 Å². The van der Waals surface area contributed by atoms with Gasteiger partial charge in [-0.1, -0.05) is 24.3 Å². The van der Waals surface area contributed by atoms with Crippen LogP contribution in [0.3, 0.4) is 0 Å². The van der Waals surface area contributed by atoms with E-state index in [-0.39, 0.29) is 5.91 Å². The van der Waals surface area contributed by atoms with E-state index in [1.54, 1.807) is 22.2 Å². The summed E-state index contributed by atoms with van der Waals surface area (Å²) in [5.74, 6) is -0.364. The van der Waals surface area contributed by atoms with Crippen LogP contribution in [-0.4, -0.2) is 26.9 Å². The normalized spacial score (nSPS) is 11.5. The lowest BCUT2D eigenvalue weighted by molar-refractivity contribution is 0.0960. The van der Waals surface area contributed by atoms with Gasteiger partial charge in [0.2, 0.25) is 0 Å². The molecule has 0 atom stereocenters. The molecule has 0 unspecified atom stereocenters. The molecule has 4 aromatic heterocycles. The number of benzene rings is 1. The summed E-state index contributed by atoms with van der Waals surface area (Å²) >= 11 is 2.87. The summed E-state index contributed by atoms with van der Waals surface area (Å²) in [5, 5.41) is 11.8. The maximum atomic E-state index is 12.8. The molecule has 5 aromatic rings. The van der Waals surface area contributed by atoms with Crippen molar-refractivity contribution in [3.63, 3.8) is 0 Å². The molecule has 3 N–H and O–H groups in total. The first-order valence-electron chi connectivity index (χ1n) is 10.2. The zero-order valence-corrected chi connectivity index (χ0v) is 19.6. The van der Waals surface area contributed by atoms with Gasteiger partial charge in [0, 0.05) is 22.8 Å². The van der Waals surface area contributed by atoms with E-state index in [9.17, 15) is 4.79 Å². The van der Waals surface area contributed by atoms with Gasteiger partial charge in [0.15, 0.2) is 0 Å². The number of hydrogen-bond acceptors (Lipinski definition) is 7. The molecule has 9 heteroatoms. The molecule has 1 amide bonds. The molecule has 0 spiro atoms. The number of nitrogen functional groups attached to an aromatic ring is 1. The first-order valence-corrected chi connectivity index (χ1v) is 11.9. The Morgan fingerprint density at radius 3 is 2.76 bits per heavy atom. The van der Waals surface area contributed by atoms with E-state index in [0.29, 0.717) is 10.6 Å². The minimum absolute atomic E-state index is 0.364. The zero-order chi connectivity index (χ0) is 22.9. The van der Waals surface area contributed by atoms with Crippen molar-refractivity contribution < 1.29 is 4.79 Å². The number of aromatic nitrogens is 3. The average molecular weight is 473 g/mol. The van der Waals surface area contributed by atoms with E-state index < -0.39 is 0 Å². The molecule has 33 heavy (non-hydrogen) atoms. The van der Waals surface area contributed by atoms with E-state index >= 15 is 0 Å². The lowest BCUT2D eigenvalue weighted by Gasteiger charge is -2.00. The van der Waals surface area contributed by atoms with E-state index in [0.717, 1.165) is 43.3 Å². The Morgan fingerprint density at radius 1 is 1.18 bits per heavy atom. The lowest BCUT2D eigenvalue weighted by Crippen LogP contribution is -2.17. The SMILES string of the molecule is Cc1cc(C)c2c(N)c(C(=O)N/N=C/c3cn(-c4ccccc4)nc3-c3cccs3)sc2n1. The molecule has 0 saturated carbocycles. The number of fused-ring (bicyclic) bond motifs is 1. The van der Waals surface area contributed by atoms with Crippen molar-refractivity contribution >= 4 is 50.7 Å². The van der Waals surface area contributed by atoms with Crippen LogP contribution in [0.2, 0.25) is 0 Å². The number of pyridine rings is 1. The van der Waals surface area contributed by atoms with Gasteiger partial charge >= 0.3 is 0 Å². The van der Waals surface area contributed by atoms with E-state index in [2.05, 4.69) is 15.5 Å². The molecule has 0 saturated heterocycles. The van der Waals surface area contributed by atoms with Crippen molar-refractivity contribution in [3.05, 3.63) is 81.8 Å². The van der Waals surface area contributed by atoms with Gasteiger partial charge in [-0.15, -0.1) is 22.7 Å². The second kappa shape index (κ2) is 8.61. The molecule has 0 radical (unpaired) electrons. The van der Waals surface area contributed by atoms with Crippen LogP contribution in [0.15, 0.2) is 65.2 Å². The van der Waals surface area contributed by atoms with Crippen LogP contribution in [0.25, 0.3) is 26.5 Å². The molecule has 0 aliphatic rings. The number of hydrogen-bond donors (Lipinski definition) is 2. The average Bonchev–Trinajstić information content (AvgIpc) is 3.53. The number of para-hydroxylation sites is 1. The van der Waals surface area contributed by atoms with Crippen molar-refractivity contribution in [1.82, 2.24) is 20.2 Å². The number of nitrogens with zero attached hydrogens (tertiary/aromatic N) is 4. The predicted molar refractivity (Wildman–Crippen MR) is 135 cm³/mol. The highest BCUT2D eigenvalue weighted by Crippen LogP contribution is 2.35. The molecule has 7 nitrogen and oxygen atoms in total. The summed E-state index contributed by atoms with van der Waals surface area (Å²) in [6, 6.07) is 15.8. The monoisotopic (exact) mass is 472 g/mol. The highest BCUT2D eigenvalue weighted by Gasteiger charge is 2.19. The fraction of sp³-hybridized carbons (Fsp3) is 0.0833. The molecular weight excluding hydrogens is 452 g/mol. The molecule has 0 aliphatic carbocycles. The number of amides is 1. The highest BCUT2D eigenvalue weighted by molar-refractivity contribution is 7.21. The fourth-order valence-electron chi connectivity index (χ4n) is 3.65. The van der Waals surface area contributed by atoms with Crippen molar-refractivity contribution in [1.29, 1.82) is 0 Å². The van der Waals surface area contributed by atoms with Gasteiger partial charge in [0.1, 0.15) is 15.4 Å². The molecule has 5 rings (SSSR count). The quantitative estimate of drug-likeness (QED) is 0.272. The van der Waals surface area contributed by atoms with E-state index in [1.807, 2.05) is 74.0 Å². The maximum absolute atomic E-state index is 12.8.